The lowest BCUT2D eigenvalue weighted by atomic mass is 10.0. The predicted molar refractivity (Wildman–Crippen MR) is 187 cm³/mol. The van der Waals surface area contributed by atoms with Gasteiger partial charge in [0.15, 0.2) is 0 Å². The summed E-state index contributed by atoms with van der Waals surface area (Å²) in [4.78, 5) is 28.8. The predicted octanol–water partition coefficient (Wildman–Crippen LogP) is 5.89. The molecule has 0 aliphatic carbocycles. The van der Waals surface area contributed by atoms with Gasteiger partial charge in [0.05, 0.1) is 35.3 Å². The topological polar surface area (TPSA) is 138 Å². The van der Waals surface area contributed by atoms with Crippen molar-refractivity contribution >= 4 is 33.3 Å². The second-order valence-corrected chi connectivity index (χ2v) is 14.7. The molecule has 4 atom stereocenters. The number of fused-ring (bicyclic) bond motifs is 1. The van der Waals surface area contributed by atoms with E-state index in [1.807, 2.05) is 20.8 Å². The number of urea groups is 1. The van der Waals surface area contributed by atoms with E-state index in [9.17, 15) is 27.5 Å². The van der Waals surface area contributed by atoms with Crippen molar-refractivity contribution < 1.29 is 37.0 Å². The maximum Gasteiger partial charge on any atom is 0.323 e. The van der Waals surface area contributed by atoms with Crippen LogP contribution in [0.3, 0.4) is 0 Å². The molecule has 13 heteroatoms. The number of nitrogens with zero attached hydrogens (tertiary/aromatic N) is 2. The average Bonchev–Trinajstić information content (AvgIpc) is 3.07. The molecule has 0 saturated heterocycles. The highest BCUT2D eigenvalue weighted by molar-refractivity contribution is 7.89. The largest absolute Gasteiger partial charge is 0.490 e. The third kappa shape index (κ3) is 10.2. The number of aliphatic hydroxyl groups is 1. The molecule has 0 radical (unpaired) electrons. The smallest absolute Gasteiger partial charge is 0.323 e. The van der Waals surface area contributed by atoms with Gasteiger partial charge in [-0.05, 0) is 94.6 Å². The van der Waals surface area contributed by atoms with E-state index in [-0.39, 0.29) is 42.2 Å². The van der Waals surface area contributed by atoms with Crippen LogP contribution in [-0.4, -0.2) is 86.3 Å². The van der Waals surface area contributed by atoms with Gasteiger partial charge in [0.2, 0.25) is 10.0 Å². The van der Waals surface area contributed by atoms with Gasteiger partial charge < -0.3 is 30.1 Å². The molecule has 3 N–H and O–H groups in total. The monoisotopic (exact) mass is 698 g/mol. The molecule has 0 fully saturated rings. The number of hydrogen-bond acceptors (Lipinski definition) is 7. The minimum Gasteiger partial charge on any atom is -0.490 e. The van der Waals surface area contributed by atoms with Crippen molar-refractivity contribution in [2.24, 2.45) is 5.92 Å². The summed E-state index contributed by atoms with van der Waals surface area (Å²) >= 11 is 0. The Labute approximate surface area is 288 Å². The quantitative estimate of drug-likeness (QED) is 0.267. The summed E-state index contributed by atoms with van der Waals surface area (Å²) in [6.07, 6.45) is 1.36. The Morgan fingerprint density at radius 2 is 1.69 bits per heavy atom. The van der Waals surface area contributed by atoms with Gasteiger partial charge in [-0.1, -0.05) is 24.6 Å². The molecular formula is C36H47FN4O7S. The minimum absolute atomic E-state index is 0.0558. The number of benzene rings is 3. The lowest BCUT2D eigenvalue weighted by Gasteiger charge is -2.35. The van der Waals surface area contributed by atoms with E-state index in [2.05, 4.69) is 10.6 Å². The summed E-state index contributed by atoms with van der Waals surface area (Å²) in [5.74, 6) is -0.881. The average molecular weight is 699 g/mol. The summed E-state index contributed by atoms with van der Waals surface area (Å²) in [5, 5.41) is 15.6. The van der Waals surface area contributed by atoms with Crippen molar-refractivity contribution in [2.75, 3.05) is 44.0 Å². The number of nitrogens with one attached hydrogen (secondary N) is 2. The first-order valence-corrected chi connectivity index (χ1v) is 17.9. The molecule has 0 bridgehead atoms. The van der Waals surface area contributed by atoms with Crippen LogP contribution in [0.25, 0.3) is 0 Å². The van der Waals surface area contributed by atoms with E-state index in [1.165, 1.54) is 46.6 Å². The highest BCUT2D eigenvalue weighted by atomic mass is 32.2. The molecule has 49 heavy (non-hydrogen) atoms. The lowest BCUT2D eigenvalue weighted by Crippen LogP contribution is -2.48. The van der Waals surface area contributed by atoms with Crippen LogP contribution in [0.2, 0.25) is 0 Å². The number of hydrogen-bond donors (Lipinski definition) is 3. The zero-order chi connectivity index (χ0) is 35.7. The molecule has 266 valence electrons. The maximum absolute atomic E-state index is 14.3. The van der Waals surface area contributed by atoms with Gasteiger partial charge in [-0.2, -0.15) is 4.31 Å². The zero-order valence-electron chi connectivity index (χ0n) is 28.7. The van der Waals surface area contributed by atoms with Gasteiger partial charge in [-0.3, -0.25) is 4.79 Å². The second kappa shape index (κ2) is 17.1. The van der Waals surface area contributed by atoms with Gasteiger partial charge in [-0.25, -0.2) is 17.6 Å². The number of carbonyl (C=O) groups is 2. The van der Waals surface area contributed by atoms with Crippen molar-refractivity contribution in [1.82, 2.24) is 9.21 Å². The summed E-state index contributed by atoms with van der Waals surface area (Å²) in [7, 11) is -2.29. The number of amides is 3. The van der Waals surface area contributed by atoms with Gasteiger partial charge in [-0.15, -0.1) is 0 Å². The summed E-state index contributed by atoms with van der Waals surface area (Å²) in [6.45, 7) is 7.68. The number of rotatable bonds is 8. The molecule has 3 amide bonds. The van der Waals surface area contributed by atoms with E-state index in [4.69, 9.17) is 9.47 Å². The number of likely N-dealkylation sites (N-methyl/N-ethyl adjacent to an activating group) is 1. The lowest BCUT2D eigenvalue weighted by molar-refractivity contribution is -0.00833. The Kier molecular flexibility index (Phi) is 13.2. The fourth-order valence-corrected chi connectivity index (χ4v) is 6.71. The van der Waals surface area contributed by atoms with Crippen LogP contribution in [0.15, 0.2) is 71.6 Å². The van der Waals surface area contributed by atoms with Crippen LogP contribution < -0.4 is 15.4 Å². The number of aliphatic hydroxyl groups excluding tert-OH is 1. The standard InChI is InChI=1S/C36H47FN4O7S/c1-24-9-16-31(17-10-24)49(45,46)40(5)22-34-25(2)21-41(26(3)23-42)35(43)32-20-30(39-36(44)38-29-13-11-28(37)12-14-29)15-18-33(32)48-27(4)8-6-7-19-47-34/h9-18,20,25-27,34,42H,6-8,19,21-23H2,1-5H3,(H2,38,39,44)/t25-,26+,27-,34-/m1/s1. The number of halogens is 1. The molecule has 11 nitrogen and oxygen atoms in total. The fraction of sp³-hybridized carbons (Fsp3) is 0.444. The maximum atomic E-state index is 14.3. The van der Waals surface area contributed by atoms with Crippen molar-refractivity contribution in [1.29, 1.82) is 0 Å². The summed E-state index contributed by atoms with van der Waals surface area (Å²) in [5.41, 5.74) is 1.84. The normalized spacial score (nSPS) is 20.1. The van der Waals surface area contributed by atoms with E-state index >= 15 is 0 Å². The molecule has 1 heterocycles. The third-order valence-corrected chi connectivity index (χ3v) is 10.4. The fourth-order valence-electron chi connectivity index (χ4n) is 5.53. The second-order valence-electron chi connectivity index (χ2n) is 12.7. The van der Waals surface area contributed by atoms with Crippen molar-refractivity contribution in [2.45, 2.75) is 70.1 Å². The molecule has 0 unspecified atom stereocenters. The number of carbonyl (C=O) groups excluding carboxylic acids is 2. The van der Waals surface area contributed by atoms with Crippen molar-refractivity contribution in [3.8, 4) is 5.75 Å². The molecule has 0 aromatic heterocycles. The molecule has 3 aromatic rings. The highest BCUT2D eigenvalue weighted by Gasteiger charge is 2.32. The van der Waals surface area contributed by atoms with Crippen LogP contribution in [0.1, 0.15) is 56.0 Å². The minimum atomic E-state index is -3.81. The molecular weight excluding hydrogens is 651 g/mol. The van der Waals surface area contributed by atoms with E-state index < -0.39 is 39.9 Å². The SMILES string of the molecule is Cc1ccc(S(=O)(=O)N(C)C[C@H]2OCCCC[C@@H](C)Oc3ccc(NC(=O)Nc4ccc(F)cc4)cc3C(=O)N([C@@H](C)CO)C[C@H]2C)cc1. The number of ether oxygens (including phenoxy) is 2. The Bertz CT molecular complexity index is 1670. The highest BCUT2D eigenvalue weighted by Crippen LogP contribution is 2.29. The van der Waals surface area contributed by atoms with Crippen molar-refractivity contribution in [3.05, 3.63) is 83.7 Å². The summed E-state index contributed by atoms with van der Waals surface area (Å²) < 4.78 is 54.1. The first-order valence-electron chi connectivity index (χ1n) is 16.5. The van der Waals surface area contributed by atoms with Crippen LogP contribution in [-0.2, 0) is 14.8 Å². The summed E-state index contributed by atoms with van der Waals surface area (Å²) in [6, 6.07) is 15.6. The molecule has 0 saturated carbocycles. The van der Waals surface area contributed by atoms with E-state index in [0.29, 0.717) is 30.2 Å². The Morgan fingerprint density at radius 1 is 1.04 bits per heavy atom. The van der Waals surface area contributed by atoms with Crippen LogP contribution in [0, 0.1) is 18.7 Å². The van der Waals surface area contributed by atoms with Gasteiger partial charge in [0, 0.05) is 44.0 Å². The molecule has 1 aliphatic rings. The van der Waals surface area contributed by atoms with Gasteiger partial charge in [0.1, 0.15) is 11.6 Å². The zero-order valence-corrected chi connectivity index (χ0v) is 29.5. The van der Waals surface area contributed by atoms with E-state index in [1.54, 1.807) is 43.3 Å². The van der Waals surface area contributed by atoms with Gasteiger partial charge in [0.25, 0.3) is 5.91 Å². The Hall–Kier alpha value is -4.04. The third-order valence-electron chi connectivity index (χ3n) is 8.58. The molecule has 3 aromatic carbocycles. The van der Waals surface area contributed by atoms with Gasteiger partial charge >= 0.3 is 6.03 Å². The van der Waals surface area contributed by atoms with E-state index in [0.717, 1.165) is 18.4 Å². The first-order chi connectivity index (χ1) is 23.3. The van der Waals surface area contributed by atoms with Crippen LogP contribution >= 0.6 is 0 Å². The van der Waals surface area contributed by atoms with Crippen LogP contribution in [0.4, 0.5) is 20.6 Å². The molecule has 1 aliphatic heterocycles. The Balaban J connectivity index is 1.62. The number of aryl methyl sites for hydroxylation is 1. The molecule has 4 rings (SSSR count). The number of sulfonamides is 1. The number of anilines is 2. The van der Waals surface area contributed by atoms with Crippen molar-refractivity contribution in [3.63, 3.8) is 0 Å². The first kappa shape index (κ1) is 37.8. The Morgan fingerprint density at radius 3 is 2.37 bits per heavy atom. The molecule has 0 spiro atoms. The van der Waals surface area contributed by atoms with Crippen LogP contribution in [0.5, 0.6) is 5.75 Å².